The van der Waals surface area contributed by atoms with Crippen molar-refractivity contribution in [3.8, 4) is 5.75 Å². The van der Waals surface area contributed by atoms with E-state index in [0.717, 1.165) is 0 Å². The van der Waals surface area contributed by atoms with Crippen molar-refractivity contribution in [2.45, 2.75) is 44.7 Å². The number of methoxy groups -OCH3 is 1. The van der Waals surface area contributed by atoms with E-state index in [1.807, 2.05) is 6.07 Å². The smallest absolute Gasteiger partial charge is 0.422 e. The van der Waals surface area contributed by atoms with E-state index >= 15 is 0 Å². The minimum Gasteiger partial charge on any atom is -0.497 e. The lowest BCUT2D eigenvalue weighted by Gasteiger charge is -2.30. The Morgan fingerprint density at radius 1 is 1.03 bits per heavy atom. The number of hydrazine groups is 1. The van der Waals surface area contributed by atoms with Gasteiger partial charge in [0, 0.05) is 0 Å². The Balaban J connectivity index is 2.00. The number of amides is 1. The van der Waals surface area contributed by atoms with E-state index in [1.165, 1.54) is 5.01 Å². The molecular formula is C22H26N2O6. The van der Waals surface area contributed by atoms with Gasteiger partial charge in [-0.05, 0) is 44.0 Å². The van der Waals surface area contributed by atoms with Crippen LogP contribution < -0.4 is 10.2 Å². The number of rotatable bonds is 5. The Kier molecular flexibility index (Phi) is 6.28. The predicted octanol–water partition coefficient (Wildman–Crippen LogP) is 3.66. The molecule has 160 valence electrons. The Morgan fingerprint density at radius 3 is 2.20 bits per heavy atom. The van der Waals surface area contributed by atoms with Crippen LogP contribution in [-0.4, -0.2) is 41.0 Å². The Hall–Kier alpha value is -3.10. The quantitative estimate of drug-likeness (QED) is 0.771. The lowest BCUT2D eigenvalue weighted by molar-refractivity contribution is -0.150. The molecule has 3 rings (SSSR count). The summed E-state index contributed by atoms with van der Waals surface area (Å²) in [6.07, 6.45) is -2.74. The molecule has 3 atom stereocenters. The summed E-state index contributed by atoms with van der Waals surface area (Å²) < 4.78 is 16.5. The van der Waals surface area contributed by atoms with E-state index in [1.54, 1.807) is 76.4 Å². The molecule has 1 amide bonds. The van der Waals surface area contributed by atoms with Crippen molar-refractivity contribution in [3.63, 3.8) is 0 Å². The second-order valence-electron chi connectivity index (χ2n) is 7.90. The Labute approximate surface area is 175 Å². The molecule has 0 aromatic heterocycles. The van der Waals surface area contributed by atoms with Gasteiger partial charge in [-0.15, -0.1) is 0 Å². The number of carboxylic acids is 1. The summed E-state index contributed by atoms with van der Waals surface area (Å²) in [6.45, 7) is 5.26. The molecule has 2 N–H and O–H groups in total. The van der Waals surface area contributed by atoms with Crippen LogP contribution >= 0.6 is 0 Å². The molecule has 1 saturated heterocycles. The molecule has 8 nitrogen and oxygen atoms in total. The molecule has 8 heteroatoms. The van der Waals surface area contributed by atoms with E-state index in [4.69, 9.17) is 14.2 Å². The van der Waals surface area contributed by atoms with Crippen molar-refractivity contribution in [1.29, 1.82) is 0 Å². The number of carboxylic acid groups (broad SMARTS) is 1. The molecule has 2 aromatic rings. The first-order chi connectivity index (χ1) is 14.2. The van der Waals surface area contributed by atoms with Gasteiger partial charge < -0.3 is 19.3 Å². The van der Waals surface area contributed by atoms with Crippen molar-refractivity contribution in [1.82, 2.24) is 10.4 Å². The topological polar surface area (TPSA) is 97.3 Å². The molecule has 0 radical (unpaired) electrons. The Bertz CT molecular complexity index is 879. The zero-order valence-electron chi connectivity index (χ0n) is 17.4. The minimum atomic E-state index is -1.20. The van der Waals surface area contributed by atoms with Crippen LogP contribution in [0.2, 0.25) is 0 Å². The average Bonchev–Trinajstić information content (AvgIpc) is 3.06. The van der Waals surface area contributed by atoms with Gasteiger partial charge in [0.2, 0.25) is 0 Å². The summed E-state index contributed by atoms with van der Waals surface area (Å²) in [5.41, 5.74) is 3.34. The molecule has 2 aromatic carbocycles. The first-order valence-electron chi connectivity index (χ1n) is 9.55. The zero-order valence-corrected chi connectivity index (χ0v) is 17.4. The fourth-order valence-corrected chi connectivity index (χ4v) is 3.29. The molecule has 3 unspecified atom stereocenters. The van der Waals surface area contributed by atoms with Gasteiger partial charge in [-0.2, -0.15) is 5.01 Å². The molecule has 1 heterocycles. The number of ether oxygens (including phenoxy) is 3. The highest BCUT2D eigenvalue weighted by Gasteiger charge is 2.48. The average molecular weight is 414 g/mol. The van der Waals surface area contributed by atoms with E-state index < -0.39 is 36.0 Å². The van der Waals surface area contributed by atoms with Crippen LogP contribution in [0.4, 0.5) is 4.79 Å². The van der Waals surface area contributed by atoms with E-state index in [2.05, 4.69) is 5.43 Å². The normalized spacial score (nSPS) is 21.8. The summed E-state index contributed by atoms with van der Waals surface area (Å²) in [5, 5.41) is 11.3. The third kappa shape index (κ3) is 4.90. The van der Waals surface area contributed by atoms with Crippen molar-refractivity contribution < 1.29 is 28.9 Å². The largest absolute Gasteiger partial charge is 0.497 e. The van der Waals surface area contributed by atoms with Gasteiger partial charge in [0.1, 0.15) is 11.4 Å². The fraction of sp³-hybridized carbons (Fsp3) is 0.364. The third-order valence-electron chi connectivity index (χ3n) is 4.52. The van der Waals surface area contributed by atoms with Crippen LogP contribution in [0.5, 0.6) is 5.75 Å². The van der Waals surface area contributed by atoms with Gasteiger partial charge in [0.15, 0.2) is 12.3 Å². The molecule has 0 saturated carbocycles. The summed E-state index contributed by atoms with van der Waals surface area (Å²) in [6, 6.07) is 15.3. The molecule has 30 heavy (non-hydrogen) atoms. The number of benzene rings is 2. The highest BCUT2D eigenvalue weighted by Crippen LogP contribution is 2.42. The van der Waals surface area contributed by atoms with Crippen LogP contribution in [-0.2, 0) is 14.3 Å². The van der Waals surface area contributed by atoms with Crippen LogP contribution in [0.25, 0.3) is 0 Å². The maximum atomic E-state index is 12.5. The van der Waals surface area contributed by atoms with Gasteiger partial charge in [0.05, 0.1) is 13.2 Å². The summed E-state index contributed by atoms with van der Waals surface area (Å²) in [5.74, 6) is -0.478. The number of nitrogens with zero attached hydrogens (tertiary/aromatic N) is 1. The summed E-state index contributed by atoms with van der Waals surface area (Å²) >= 11 is 0. The SMILES string of the molecule is COc1ccc(C2OC(C(=O)O)C(c3ccccc3)N2NC(=O)OC(C)(C)C)cc1. The number of carbonyl (C=O) groups excluding carboxylic acids is 1. The highest BCUT2D eigenvalue weighted by molar-refractivity contribution is 5.74. The highest BCUT2D eigenvalue weighted by atomic mass is 16.6. The van der Waals surface area contributed by atoms with Crippen LogP contribution in [0, 0.1) is 0 Å². The molecule has 1 aliphatic heterocycles. The van der Waals surface area contributed by atoms with Crippen molar-refractivity contribution >= 4 is 12.1 Å². The van der Waals surface area contributed by atoms with Gasteiger partial charge in [0.25, 0.3) is 0 Å². The van der Waals surface area contributed by atoms with Gasteiger partial charge in [-0.3, -0.25) is 5.43 Å². The minimum absolute atomic E-state index is 0.651. The first-order valence-corrected chi connectivity index (χ1v) is 9.55. The van der Waals surface area contributed by atoms with Crippen LogP contribution in [0.15, 0.2) is 54.6 Å². The third-order valence-corrected chi connectivity index (χ3v) is 4.52. The lowest BCUT2D eigenvalue weighted by atomic mass is 10.0. The molecule has 1 aliphatic rings. The predicted molar refractivity (Wildman–Crippen MR) is 109 cm³/mol. The second-order valence-corrected chi connectivity index (χ2v) is 7.90. The van der Waals surface area contributed by atoms with E-state index in [-0.39, 0.29) is 0 Å². The number of nitrogens with one attached hydrogen (secondary N) is 1. The number of aliphatic carboxylic acids is 1. The number of hydrogen-bond acceptors (Lipinski definition) is 6. The molecule has 0 spiro atoms. The summed E-state index contributed by atoms with van der Waals surface area (Å²) in [7, 11) is 1.56. The number of carbonyl (C=O) groups is 2. The number of hydrogen-bond donors (Lipinski definition) is 2. The second kappa shape index (κ2) is 8.73. The zero-order chi connectivity index (χ0) is 21.9. The first kappa shape index (κ1) is 21.6. The molecule has 0 aliphatic carbocycles. The van der Waals surface area contributed by atoms with Crippen molar-refractivity contribution in [2.75, 3.05) is 7.11 Å². The standard InChI is InChI=1S/C22H26N2O6/c1-22(2,3)30-21(27)23-24-17(14-8-6-5-7-9-14)18(20(25)26)29-19(24)15-10-12-16(28-4)13-11-15/h5-13,17-19H,1-4H3,(H,23,27)(H,25,26). The molecular weight excluding hydrogens is 388 g/mol. The monoisotopic (exact) mass is 414 g/mol. The van der Waals surface area contributed by atoms with Crippen LogP contribution in [0.3, 0.4) is 0 Å². The Morgan fingerprint density at radius 2 is 1.67 bits per heavy atom. The van der Waals surface area contributed by atoms with Gasteiger partial charge >= 0.3 is 12.1 Å². The van der Waals surface area contributed by atoms with Gasteiger partial charge in [-0.25, -0.2) is 9.59 Å². The fourth-order valence-electron chi connectivity index (χ4n) is 3.29. The molecule has 0 bridgehead atoms. The van der Waals surface area contributed by atoms with E-state index in [0.29, 0.717) is 16.9 Å². The maximum Gasteiger partial charge on any atom is 0.422 e. The lowest BCUT2D eigenvalue weighted by Crippen LogP contribution is -2.46. The van der Waals surface area contributed by atoms with Crippen LogP contribution in [0.1, 0.15) is 44.2 Å². The maximum absolute atomic E-state index is 12.5. The summed E-state index contributed by atoms with van der Waals surface area (Å²) in [4.78, 5) is 24.6. The van der Waals surface area contributed by atoms with Crippen molar-refractivity contribution in [3.05, 3.63) is 65.7 Å². The van der Waals surface area contributed by atoms with Gasteiger partial charge in [-0.1, -0.05) is 42.5 Å². The molecule has 1 fully saturated rings. The van der Waals surface area contributed by atoms with Crippen molar-refractivity contribution in [2.24, 2.45) is 0 Å². The van der Waals surface area contributed by atoms with E-state index in [9.17, 15) is 14.7 Å².